The van der Waals surface area contributed by atoms with Gasteiger partial charge in [-0.1, -0.05) is 6.42 Å². The molecule has 1 heterocycles. The van der Waals surface area contributed by atoms with Gasteiger partial charge in [-0.2, -0.15) is 5.26 Å². The van der Waals surface area contributed by atoms with Gasteiger partial charge in [-0.15, -0.1) is 0 Å². The number of fused-ring (bicyclic) bond motifs is 1. The molecule has 1 saturated carbocycles. The number of nitriles is 1. The Morgan fingerprint density at radius 2 is 1.94 bits per heavy atom. The molecule has 3 unspecified atom stereocenters. The van der Waals surface area contributed by atoms with E-state index >= 15 is 0 Å². The third-order valence-corrected chi connectivity index (χ3v) is 4.23. The number of nitrogens with one attached hydrogen (secondary N) is 1. The van der Waals surface area contributed by atoms with Crippen molar-refractivity contribution >= 4 is 0 Å². The third kappa shape index (κ3) is 3.43. The quantitative estimate of drug-likeness (QED) is 0.792. The molecule has 0 radical (unpaired) electrons. The van der Waals surface area contributed by atoms with E-state index in [9.17, 15) is 0 Å². The van der Waals surface area contributed by atoms with Crippen LogP contribution in [0.3, 0.4) is 0 Å². The van der Waals surface area contributed by atoms with E-state index in [2.05, 4.69) is 30.1 Å². The number of hydrogen-bond acceptors (Lipinski definition) is 3. The first-order valence-corrected chi connectivity index (χ1v) is 7.07. The van der Waals surface area contributed by atoms with Crippen molar-refractivity contribution in [2.75, 3.05) is 19.6 Å². The van der Waals surface area contributed by atoms with Gasteiger partial charge in [0.15, 0.2) is 0 Å². The van der Waals surface area contributed by atoms with Gasteiger partial charge in [-0.05, 0) is 44.9 Å². The molecule has 0 spiro atoms. The number of nitrogens with zero attached hydrogens (tertiary/aromatic N) is 2. The van der Waals surface area contributed by atoms with Crippen LogP contribution < -0.4 is 5.32 Å². The second-order valence-corrected chi connectivity index (χ2v) is 6.00. The fourth-order valence-electron chi connectivity index (χ4n) is 3.41. The summed E-state index contributed by atoms with van der Waals surface area (Å²) in [7, 11) is 0. The highest BCUT2D eigenvalue weighted by Gasteiger charge is 2.35. The highest BCUT2D eigenvalue weighted by molar-refractivity contribution is 4.93. The van der Waals surface area contributed by atoms with Gasteiger partial charge in [0.2, 0.25) is 0 Å². The lowest BCUT2D eigenvalue weighted by Gasteiger charge is -2.20. The smallest absolute Gasteiger partial charge is 0.0967 e. The van der Waals surface area contributed by atoms with Crippen LogP contribution in [-0.4, -0.2) is 36.6 Å². The molecule has 0 amide bonds. The minimum Gasteiger partial charge on any atom is -0.303 e. The van der Waals surface area contributed by atoms with Crippen LogP contribution in [0.2, 0.25) is 0 Å². The van der Waals surface area contributed by atoms with Gasteiger partial charge in [-0.3, -0.25) is 5.32 Å². The Morgan fingerprint density at radius 3 is 2.47 bits per heavy atom. The zero-order valence-corrected chi connectivity index (χ0v) is 11.2. The van der Waals surface area contributed by atoms with E-state index < -0.39 is 0 Å². The Morgan fingerprint density at radius 1 is 1.29 bits per heavy atom. The van der Waals surface area contributed by atoms with E-state index in [1.165, 1.54) is 32.4 Å². The molecule has 3 heteroatoms. The molecular formula is C14H25N3. The molecule has 0 bridgehead atoms. The second kappa shape index (κ2) is 5.84. The number of rotatable bonds is 5. The highest BCUT2D eigenvalue weighted by atomic mass is 15.2. The maximum atomic E-state index is 9.08. The lowest BCUT2D eigenvalue weighted by molar-refractivity contribution is 0.294. The first kappa shape index (κ1) is 12.9. The predicted molar refractivity (Wildman–Crippen MR) is 69.6 cm³/mol. The average molecular weight is 235 g/mol. The van der Waals surface area contributed by atoms with Crippen LogP contribution in [-0.2, 0) is 0 Å². The van der Waals surface area contributed by atoms with Crippen molar-refractivity contribution in [3.8, 4) is 6.07 Å². The molecule has 1 aliphatic heterocycles. The SMILES string of the molecule is CC(C)NC(C#N)CCN1CC2CCCC2C1. The van der Waals surface area contributed by atoms with Crippen LogP contribution in [0.5, 0.6) is 0 Å². The Hall–Kier alpha value is -0.590. The van der Waals surface area contributed by atoms with E-state index in [1.54, 1.807) is 0 Å². The van der Waals surface area contributed by atoms with Gasteiger partial charge in [0, 0.05) is 25.7 Å². The highest BCUT2D eigenvalue weighted by Crippen LogP contribution is 2.37. The molecule has 1 aliphatic carbocycles. The largest absolute Gasteiger partial charge is 0.303 e. The molecule has 1 saturated heterocycles. The lowest BCUT2D eigenvalue weighted by Crippen LogP contribution is -2.36. The Labute approximate surface area is 105 Å². The van der Waals surface area contributed by atoms with Gasteiger partial charge in [0.25, 0.3) is 0 Å². The van der Waals surface area contributed by atoms with Gasteiger partial charge in [0.1, 0.15) is 0 Å². The monoisotopic (exact) mass is 235 g/mol. The second-order valence-electron chi connectivity index (χ2n) is 6.00. The van der Waals surface area contributed by atoms with Crippen LogP contribution in [0.1, 0.15) is 39.5 Å². The van der Waals surface area contributed by atoms with E-state index in [4.69, 9.17) is 5.26 Å². The molecule has 17 heavy (non-hydrogen) atoms. The molecule has 2 aliphatic rings. The van der Waals surface area contributed by atoms with Crippen molar-refractivity contribution in [3.63, 3.8) is 0 Å². The van der Waals surface area contributed by atoms with E-state index in [-0.39, 0.29) is 6.04 Å². The fourth-order valence-corrected chi connectivity index (χ4v) is 3.41. The number of likely N-dealkylation sites (tertiary alicyclic amines) is 1. The zero-order chi connectivity index (χ0) is 12.3. The van der Waals surface area contributed by atoms with Crippen LogP contribution in [0.25, 0.3) is 0 Å². The summed E-state index contributed by atoms with van der Waals surface area (Å²) in [6.45, 7) is 7.86. The van der Waals surface area contributed by atoms with Crippen molar-refractivity contribution in [2.45, 2.75) is 51.6 Å². The standard InChI is InChI=1S/C14H25N3/c1-11(2)16-14(8-15)6-7-17-9-12-4-3-5-13(12)10-17/h11-14,16H,3-7,9-10H2,1-2H3. The van der Waals surface area contributed by atoms with Crippen molar-refractivity contribution in [2.24, 2.45) is 11.8 Å². The summed E-state index contributed by atoms with van der Waals surface area (Å²) in [5, 5.41) is 12.4. The minimum atomic E-state index is 0.0236. The lowest BCUT2D eigenvalue weighted by atomic mass is 10.0. The van der Waals surface area contributed by atoms with Gasteiger partial charge in [0.05, 0.1) is 12.1 Å². The molecule has 2 fully saturated rings. The number of hydrogen-bond donors (Lipinski definition) is 1. The molecule has 0 aromatic heterocycles. The molecular weight excluding hydrogens is 210 g/mol. The first-order chi connectivity index (χ1) is 8.19. The van der Waals surface area contributed by atoms with Crippen molar-refractivity contribution < 1.29 is 0 Å². The van der Waals surface area contributed by atoms with Crippen molar-refractivity contribution in [1.82, 2.24) is 10.2 Å². The summed E-state index contributed by atoms with van der Waals surface area (Å²) >= 11 is 0. The van der Waals surface area contributed by atoms with Gasteiger partial charge >= 0.3 is 0 Å². The fraction of sp³-hybridized carbons (Fsp3) is 0.929. The molecule has 3 atom stereocenters. The van der Waals surface area contributed by atoms with Gasteiger partial charge < -0.3 is 4.90 Å². The summed E-state index contributed by atoms with van der Waals surface area (Å²) in [4.78, 5) is 2.57. The predicted octanol–water partition coefficient (Wildman–Crippen LogP) is 2.00. The summed E-state index contributed by atoms with van der Waals surface area (Å²) in [6, 6.07) is 2.79. The van der Waals surface area contributed by atoms with Crippen molar-refractivity contribution in [3.05, 3.63) is 0 Å². The summed E-state index contributed by atoms with van der Waals surface area (Å²) in [6.07, 6.45) is 5.28. The van der Waals surface area contributed by atoms with Crippen LogP contribution in [0.15, 0.2) is 0 Å². The summed E-state index contributed by atoms with van der Waals surface area (Å²) in [5.41, 5.74) is 0. The molecule has 2 rings (SSSR count). The topological polar surface area (TPSA) is 39.1 Å². The minimum absolute atomic E-state index is 0.0236. The first-order valence-electron chi connectivity index (χ1n) is 7.07. The van der Waals surface area contributed by atoms with Gasteiger partial charge in [-0.25, -0.2) is 0 Å². The Balaban J connectivity index is 1.70. The Kier molecular flexibility index (Phi) is 4.42. The van der Waals surface area contributed by atoms with Crippen LogP contribution in [0, 0.1) is 23.2 Å². The third-order valence-electron chi connectivity index (χ3n) is 4.23. The van der Waals surface area contributed by atoms with E-state index in [0.29, 0.717) is 6.04 Å². The Bertz CT molecular complexity index is 270. The van der Waals surface area contributed by atoms with Crippen LogP contribution >= 0.6 is 0 Å². The summed E-state index contributed by atoms with van der Waals surface area (Å²) < 4.78 is 0. The molecule has 3 nitrogen and oxygen atoms in total. The van der Waals surface area contributed by atoms with E-state index in [0.717, 1.165) is 24.8 Å². The normalized spacial score (nSPS) is 30.5. The maximum Gasteiger partial charge on any atom is 0.0967 e. The maximum absolute atomic E-state index is 9.08. The van der Waals surface area contributed by atoms with Crippen molar-refractivity contribution in [1.29, 1.82) is 5.26 Å². The average Bonchev–Trinajstić information content (AvgIpc) is 2.83. The zero-order valence-electron chi connectivity index (χ0n) is 11.2. The molecule has 96 valence electrons. The summed E-state index contributed by atoms with van der Waals surface area (Å²) in [5.74, 6) is 1.93. The molecule has 0 aromatic carbocycles. The van der Waals surface area contributed by atoms with Crippen LogP contribution in [0.4, 0.5) is 0 Å². The van der Waals surface area contributed by atoms with E-state index in [1.807, 2.05) is 0 Å². The molecule has 0 aromatic rings. The molecule has 1 N–H and O–H groups in total.